The second-order valence-electron chi connectivity index (χ2n) is 15.5. The predicted molar refractivity (Wildman–Crippen MR) is 236 cm³/mol. The van der Waals surface area contributed by atoms with Gasteiger partial charge in [0.25, 0.3) is 0 Å². The first-order chi connectivity index (χ1) is 28.8. The molecule has 0 bridgehead atoms. The molecule has 0 radical (unpaired) electrons. The summed E-state index contributed by atoms with van der Waals surface area (Å²) in [5.74, 6) is 0.674. The van der Waals surface area contributed by atoms with E-state index < -0.39 is 5.41 Å². The molecule has 13 rings (SSSR count). The van der Waals surface area contributed by atoms with Crippen molar-refractivity contribution in [1.82, 2.24) is 19.4 Å². The molecule has 11 aromatic rings. The van der Waals surface area contributed by atoms with Gasteiger partial charge in [-0.05, 0) is 79.9 Å². The molecule has 4 heteroatoms. The first kappa shape index (κ1) is 31.5. The summed E-state index contributed by atoms with van der Waals surface area (Å²) in [6.07, 6.45) is 0. The lowest BCUT2D eigenvalue weighted by Gasteiger charge is -2.30. The van der Waals surface area contributed by atoms with E-state index in [9.17, 15) is 0 Å². The van der Waals surface area contributed by atoms with E-state index in [1.807, 2.05) is 24.3 Å². The fourth-order valence-corrected chi connectivity index (χ4v) is 10.3. The highest BCUT2D eigenvalue weighted by Crippen LogP contribution is 2.64. The Bertz CT molecular complexity index is 3480. The number of hydrogen-bond acceptors (Lipinski definition) is 3. The topological polar surface area (TPSA) is 43.1 Å². The third kappa shape index (κ3) is 4.05. The maximum atomic E-state index is 5.46. The summed E-state index contributed by atoms with van der Waals surface area (Å²) in [5.41, 5.74) is 20.1. The minimum absolute atomic E-state index is 0.405. The number of hydrogen-bond donors (Lipinski definition) is 0. The monoisotopic (exact) mass is 736 g/mol. The molecule has 0 saturated carbocycles. The van der Waals surface area contributed by atoms with Crippen molar-refractivity contribution in [2.24, 2.45) is 0 Å². The maximum Gasteiger partial charge on any atom is 0.165 e. The lowest BCUT2D eigenvalue weighted by atomic mass is 9.70. The van der Waals surface area contributed by atoms with Gasteiger partial charge in [0.2, 0.25) is 0 Å². The third-order valence-corrected chi connectivity index (χ3v) is 12.6. The van der Waals surface area contributed by atoms with Crippen LogP contribution < -0.4 is 0 Å². The van der Waals surface area contributed by atoms with Crippen LogP contribution in [-0.2, 0) is 5.41 Å². The molecule has 3 heterocycles. The molecule has 0 amide bonds. The van der Waals surface area contributed by atoms with Crippen LogP contribution in [0.4, 0.5) is 0 Å². The van der Waals surface area contributed by atoms with Gasteiger partial charge in [-0.3, -0.25) is 4.40 Å². The molecule has 0 unspecified atom stereocenters. The molecule has 3 aromatic heterocycles. The summed E-state index contributed by atoms with van der Waals surface area (Å²) in [5, 5.41) is 2.08. The van der Waals surface area contributed by atoms with Crippen molar-refractivity contribution in [3.63, 3.8) is 0 Å². The first-order valence-corrected chi connectivity index (χ1v) is 19.9. The molecule has 1 spiro atoms. The summed E-state index contributed by atoms with van der Waals surface area (Å²) in [4.78, 5) is 16.0. The van der Waals surface area contributed by atoms with Gasteiger partial charge >= 0.3 is 0 Å². The van der Waals surface area contributed by atoms with E-state index in [1.165, 1.54) is 50.1 Å². The molecule has 0 atom stereocenters. The van der Waals surface area contributed by atoms with E-state index in [0.717, 1.165) is 60.9 Å². The SMILES string of the molecule is c1ccc(-c2nc(-c3cccc(-c4cccc5c4-c4ccccc4C54c5ccccc5-c5ccccc54)c3)c3c4ccccc4n4c5ccccc5nc4c3n2)cc1. The maximum absolute atomic E-state index is 5.46. The second kappa shape index (κ2) is 11.7. The van der Waals surface area contributed by atoms with Gasteiger partial charge in [-0.2, -0.15) is 0 Å². The number of pyridine rings is 1. The number of para-hydroxylation sites is 3. The number of imidazole rings is 1. The Morgan fingerprint density at radius 1 is 0.397 bits per heavy atom. The highest BCUT2D eigenvalue weighted by Gasteiger charge is 2.51. The van der Waals surface area contributed by atoms with E-state index in [0.29, 0.717) is 5.82 Å². The number of aromatic nitrogens is 4. The van der Waals surface area contributed by atoms with Crippen LogP contribution in [0.3, 0.4) is 0 Å². The zero-order valence-corrected chi connectivity index (χ0v) is 31.3. The van der Waals surface area contributed by atoms with Crippen LogP contribution in [-0.4, -0.2) is 19.4 Å². The molecule has 2 aliphatic carbocycles. The normalized spacial score (nSPS) is 13.3. The van der Waals surface area contributed by atoms with Crippen LogP contribution in [0.25, 0.3) is 94.5 Å². The molecule has 268 valence electrons. The molecule has 0 saturated heterocycles. The molecule has 4 nitrogen and oxygen atoms in total. The predicted octanol–water partition coefficient (Wildman–Crippen LogP) is 12.9. The largest absolute Gasteiger partial charge is 0.290 e. The molecular formula is C54H32N4. The fraction of sp³-hybridized carbons (Fsp3) is 0.0185. The Balaban J connectivity index is 1.10. The average Bonchev–Trinajstić information content (AvgIpc) is 3.94. The number of benzene rings is 8. The number of nitrogens with zero attached hydrogens (tertiary/aromatic N) is 4. The van der Waals surface area contributed by atoms with E-state index in [-0.39, 0.29) is 0 Å². The smallest absolute Gasteiger partial charge is 0.165 e. The lowest BCUT2D eigenvalue weighted by molar-refractivity contribution is 0.794. The van der Waals surface area contributed by atoms with Crippen LogP contribution >= 0.6 is 0 Å². The van der Waals surface area contributed by atoms with Gasteiger partial charge in [-0.1, -0.05) is 170 Å². The molecule has 0 N–H and O–H groups in total. The minimum Gasteiger partial charge on any atom is -0.290 e. The third-order valence-electron chi connectivity index (χ3n) is 12.6. The van der Waals surface area contributed by atoms with Gasteiger partial charge in [-0.25, -0.2) is 15.0 Å². The molecular weight excluding hydrogens is 705 g/mol. The highest BCUT2D eigenvalue weighted by molar-refractivity contribution is 6.17. The second-order valence-corrected chi connectivity index (χ2v) is 15.5. The van der Waals surface area contributed by atoms with Gasteiger partial charge < -0.3 is 0 Å². The van der Waals surface area contributed by atoms with Crippen LogP contribution in [0.1, 0.15) is 22.3 Å². The Morgan fingerprint density at radius 3 is 1.76 bits per heavy atom. The van der Waals surface area contributed by atoms with Gasteiger partial charge in [0.05, 0.1) is 27.7 Å². The summed E-state index contributed by atoms with van der Waals surface area (Å²) >= 11 is 0. The van der Waals surface area contributed by atoms with Crippen molar-refractivity contribution in [3.05, 3.63) is 216 Å². The van der Waals surface area contributed by atoms with E-state index >= 15 is 0 Å². The van der Waals surface area contributed by atoms with E-state index in [1.54, 1.807) is 0 Å². The molecule has 0 fully saturated rings. The van der Waals surface area contributed by atoms with Gasteiger partial charge in [0.1, 0.15) is 5.52 Å². The quantitative estimate of drug-likeness (QED) is 0.170. The zero-order chi connectivity index (χ0) is 38.0. The van der Waals surface area contributed by atoms with Crippen molar-refractivity contribution in [2.75, 3.05) is 0 Å². The van der Waals surface area contributed by atoms with Gasteiger partial charge in [0.15, 0.2) is 11.5 Å². The number of rotatable bonds is 3. The summed E-state index contributed by atoms with van der Waals surface area (Å²) in [6.45, 7) is 0. The summed E-state index contributed by atoms with van der Waals surface area (Å²) < 4.78 is 2.26. The van der Waals surface area contributed by atoms with Crippen molar-refractivity contribution < 1.29 is 0 Å². The van der Waals surface area contributed by atoms with Crippen molar-refractivity contribution in [2.45, 2.75) is 5.41 Å². The first-order valence-electron chi connectivity index (χ1n) is 19.9. The van der Waals surface area contributed by atoms with Crippen LogP contribution in [0.2, 0.25) is 0 Å². The van der Waals surface area contributed by atoms with Gasteiger partial charge in [-0.15, -0.1) is 0 Å². The summed E-state index contributed by atoms with van der Waals surface area (Å²) in [7, 11) is 0. The zero-order valence-electron chi connectivity index (χ0n) is 31.3. The molecule has 8 aromatic carbocycles. The summed E-state index contributed by atoms with van der Waals surface area (Å²) in [6, 6.07) is 70.1. The standard InChI is InChI=1S/C54H32N4/c1-2-16-33(17-3-1)52-56-50(49-40-23-7-12-30-46(40)58-47-31-13-11-29-45(47)55-53(58)51(49)57-52)35-19-14-18-34(32-35)36-24-15-28-44-48(36)39-22-6-10-27-43(39)54(44)41-25-8-4-20-37(41)38-21-5-9-26-42(38)54/h1-32H. The van der Waals surface area contributed by atoms with Crippen LogP contribution in [0.5, 0.6) is 0 Å². The van der Waals surface area contributed by atoms with Gasteiger partial charge in [0, 0.05) is 21.9 Å². The van der Waals surface area contributed by atoms with Crippen molar-refractivity contribution in [3.8, 4) is 56.0 Å². The number of fused-ring (bicyclic) bond motifs is 18. The fourth-order valence-electron chi connectivity index (χ4n) is 10.3. The average molecular weight is 737 g/mol. The van der Waals surface area contributed by atoms with Crippen molar-refractivity contribution >= 4 is 38.5 Å². The Labute approximate surface area is 334 Å². The molecule has 58 heavy (non-hydrogen) atoms. The van der Waals surface area contributed by atoms with Crippen molar-refractivity contribution in [1.29, 1.82) is 0 Å². The Kier molecular flexibility index (Phi) is 6.34. The van der Waals surface area contributed by atoms with Crippen LogP contribution in [0, 0.1) is 0 Å². The molecule has 0 aliphatic heterocycles. The van der Waals surface area contributed by atoms with E-state index in [2.05, 4.69) is 174 Å². The lowest BCUT2D eigenvalue weighted by Crippen LogP contribution is -2.25. The van der Waals surface area contributed by atoms with E-state index in [4.69, 9.17) is 15.0 Å². The molecule has 2 aliphatic rings. The van der Waals surface area contributed by atoms with Crippen LogP contribution in [0.15, 0.2) is 194 Å². The highest BCUT2D eigenvalue weighted by atomic mass is 15.0. The minimum atomic E-state index is -0.405. The Morgan fingerprint density at radius 2 is 0.966 bits per heavy atom. The Hall–Kier alpha value is -7.69.